The molecule has 1 saturated carbocycles. The Balaban J connectivity index is 1.52. The summed E-state index contributed by atoms with van der Waals surface area (Å²) in [5.41, 5.74) is 2.74. The molecule has 3 atom stereocenters. The second-order valence-electron chi connectivity index (χ2n) is 9.97. The van der Waals surface area contributed by atoms with Crippen molar-refractivity contribution in [3.8, 4) is 0 Å². The van der Waals surface area contributed by atoms with Gasteiger partial charge in [-0.05, 0) is 83.9 Å². The summed E-state index contributed by atoms with van der Waals surface area (Å²) in [6.45, 7) is 5.87. The van der Waals surface area contributed by atoms with Crippen LogP contribution in [0.4, 0.5) is 8.78 Å². The smallest absolute Gasteiger partial charge is 0.251 e. The zero-order chi connectivity index (χ0) is 28.0. The monoisotopic (exact) mass is 552 g/mol. The number of aryl methyl sites for hydroxylation is 1. The Morgan fingerprint density at radius 1 is 1.10 bits per heavy atom. The maximum Gasteiger partial charge on any atom is 0.251 e. The van der Waals surface area contributed by atoms with Crippen LogP contribution in [0.3, 0.4) is 0 Å². The summed E-state index contributed by atoms with van der Waals surface area (Å²) in [4.78, 5) is 13.7. The van der Waals surface area contributed by atoms with E-state index < -0.39 is 40.9 Å². The molecule has 0 radical (unpaired) electrons. The predicted molar refractivity (Wildman–Crippen MR) is 150 cm³/mol. The number of amides is 1. The molecule has 1 fully saturated rings. The van der Waals surface area contributed by atoms with E-state index in [4.69, 9.17) is 0 Å². The van der Waals surface area contributed by atoms with Gasteiger partial charge in [0, 0.05) is 29.8 Å². The first kappa shape index (κ1) is 29.0. The molecule has 0 saturated heterocycles. The molecule has 4 rings (SSSR count). The molecule has 0 aliphatic heterocycles. The Morgan fingerprint density at radius 3 is 2.49 bits per heavy atom. The van der Waals surface area contributed by atoms with Crippen LogP contribution >= 0.6 is 0 Å². The van der Waals surface area contributed by atoms with E-state index in [1.165, 1.54) is 17.7 Å². The van der Waals surface area contributed by atoms with Gasteiger partial charge in [0.25, 0.3) is 5.91 Å². The molecule has 39 heavy (non-hydrogen) atoms. The molecule has 3 aromatic carbocycles. The molecule has 3 aromatic rings. The van der Waals surface area contributed by atoms with Gasteiger partial charge in [-0.1, -0.05) is 43.8 Å². The fourth-order valence-corrected chi connectivity index (χ4v) is 5.62. The average Bonchev–Trinajstić information content (AvgIpc) is 3.72. The Hall–Kier alpha value is -3.04. The molecule has 1 aliphatic rings. The number of carbonyl (C=O) groups is 1. The Labute approximate surface area is 231 Å². The Bertz CT molecular complexity index is 1290. The van der Waals surface area contributed by atoms with Gasteiger partial charge in [-0.3, -0.25) is 4.79 Å². The summed E-state index contributed by atoms with van der Waals surface area (Å²) in [7, 11) is 0. The highest BCUT2D eigenvalue weighted by molar-refractivity contribution is 7.91. The third kappa shape index (κ3) is 7.54. The molecule has 0 aromatic heterocycles. The Kier molecular flexibility index (Phi) is 9.56. The van der Waals surface area contributed by atoms with Gasteiger partial charge >= 0.3 is 0 Å². The number of rotatable bonds is 13. The largest absolute Gasteiger partial charge is 0.611 e. The predicted octanol–water partition coefficient (Wildman–Crippen LogP) is 4.80. The number of halogens is 2. The molecule has 3 N–H and O–H groups in total. The van der Waals surface area contributed by atoms with Crippen molar-refractivity contribution in [1.29, 1.82) is 0 Å². The molecule has 0 heterocycles. The maximum absolute atomic E-state index is 13.9. The molecule has 8 heteroatoms. The fraction of sp³-hybridized carbons (Fsp3) is 0.323. The fourth-order valence-electron chi connectivity index (χ4n) is 4.72. The summed E-state index contributed by atoms with van der Waals surface area (Å²) in [5, 5.41) is 17.6. The van der Waals surface area contributed by atoms with Crippen molar-refractivity contribution < 1.29 is 23.2 Å². The molecule has 0 spiro atoms. The van der Waals surface area contributed by atoms with Crippen molar-refractivity contribution in [2.24, 2.45) is 0 Å². The van der Waals surface area contributed by atoms with Gasteiger partial charge in [-0.2, -0.15) is 0 Å². The highest BCUT2D eigenvalue weighted by Gasteiger charge is 2.44. The van der Waals surface area contributed by atoms with Crippen LogP contribution in [-0.4, -0.2) is 40.0 Å². The third-order valence-electron chi connectivity index (χ3n) is 7.07. The number of hydrogen-bond donors (Lipinski definition) is 3. The summed E-state index contributed by atoms with van der Waals surface area (Å²) in [5.74, 6) is -1.68. The summed E-state index contributed by atoms with van der Waals surface area (Å²) < 4.78 is 40.2. The molecule has 5 nitrogen and oxygen atoms in total. The lowest BCUT2D eigenvalue weighted by atomic mass is 9.98. The van der Waals surface area contributed by atoms with Gasteiger partial charge in [-0.15, -0.1) is 0 Å². The molecule has 0 bridgehead atoms. The van der Waals surface area contributed by atoms with E-state index in [0.717, 1.165) is 30.9 Å². The third-order valence-corrected chi connectivity index (χ3v) is 8.39. The Morgan fingerprint density at radius 2 is 1.82 bits per heavy atom. The van der Waals surface area contributed by atoms with Crippen molar-refractivity contribution >= 4 is 17.1 Å². The number of hydrogen-bond acceptors (Lipinski definition) is 4. The van der Waals surface area contributed by atoms with Crippen LogP contribution in [-0.2, 0) is 29.6 Å². The topological polar surface area (TPSA) is 84.4 Å². The van der Waals surface area contributed by atoms with Crippen molar-refractivity contribution in [2.45, 2.75) is 55.2 Å². The highest BCUT2D eigenvalue weighted by atomic mass is 32.2. The number of aliphatic hydroxyl groups excluding tert-OH is 1. The minimum Gasteiger partial charge on any atom is -0.611 e. The van der Waals surface area contributed by atoms with Crippen molar-refractivity contribution in [1.82, 2.24) is 10.6 Å². The van der Waals surface area contributed by atoms with Crippen LogP contribution in [0.5, 0.6) is 0 Å². The summed E-state index contributed by atoms with van der Waals surface area (Å²) >= 11 is -1.34. The van der Waals surface area contributed by atoms with Crippen molar-refractivity contribution in [3.63, 3.8) is 0 Å². The summed E-state index contributed by atoms with van der Waals surface area (Å²) in [6, 6.07) is 17.1. The lowest BCUT2D eigenvalue weighted by molar-refractivity contribution is 0.0821. The van der Waals surface area contributed by atoms with Gasteiger partial charge in [-0.25, -0.2) is 8.78 Å². The standard InChI is InChI=1S/C31H34F2N2O3S/c1-3-13-39(38)27-10-6-8-23(18-27)30(37)35-28(17-22-15-25(32)19-26(33)16-22)29(36)20-34-31(11-12-31)24-9-5-7-21(4-2)14-24/h3,5-10,14-16,18-19,28-29,34,36H,1,4,11-13,17,20H2,2H3,(H,35,37)/t28-,29-,39?/m0/s1. The normalized spacial score (nSPS) is 16.2. The minimum atomic E-state index is -1.34. The average molecular weight is 553 g/mol. The van der Waals surface area contributed by atoms with Crippen LogP contribution < -0.4 is 10.6 Å². The van der Waals surface area contributed by atoms with Crippen LogP contribution in [0.2, 0.25) is 0 Å². The van der Waals surface area contributed by atoms with Crippen LogP contribution in [0.15, 0.2) is 84.3 Å². The second kappa shape index (κ2) is 12.9. The molecule has 1 unspecified atom stereocenters. The zero-order valence-electron chi connectivity index (χ0n) is 22.0. The molecular weight excluding hydrogens is 518 g/mol. The SMILES string of the molecule is C=CC[S+]([O-])c1cccc(C(=O)N[C@@H](Cc2cc(F)cc(F)c2)[C@@H](O)CNC2(c3cccc(CC)c3)CC2)c1. The second-order valence-corrected chi connectivity index (χ2v) is 11.5. The number of aliphatic hydroxyl groups is 1. The van der Waals surface area contributed by atoms with Crippen LogP contribution in [0, 0.1) is 11.6 Å². The first-order valence-corrected chi connectivity index (χ1v) is 14.4. The number of nitrogens with one attached hydrogen (secondary N) is 2. The first-order chi connectivity index (χ1) is 18.7. The van der Waals surface area contributed by atoms with Gasteiger partial charge in [0.05, 0.1) is 12.1 Å². The number of carbonyl (C=O) groups excluding carboxylic acids is 1. The van der Waals surface area contributed by atoms with Crippen molar-refractivity contribution in [2.75, 3.05) is 12.3 Å². The highest BCUT2D eigenvalue weighted by Crippen LogP contribution is 2.45. The molecule has 206 valence electrons. The number of benzene rings is 3. The van der Waals surface area contributed by atoms with Gasteiger partial charge < -0.3 is 20.3 Å². The molecular formula is C31H34F2N2O3S. The maximum atomic E-state index is 13.9. The van der Waals surface area contributed by atoms with Gasteiger partial charge in [0.15, 0.2) is 4.90 Å². The zero-order valence-corrected chi connectivity index (χ0v) is 22.8. The van der Waals surface area contributed by atoms with Crippen molar-refractivity contribution in [3.05, 3.63) is 113 Å². The molecule has 1 amide bonds. The van der Waals surface area contributed by atoms with Gasteiger partial charge in [0.2, 0.25) is 0 Å². The van der Waals surface area contributed by atoms with E-state index in [9.17, 15) is 23.2 Å². The van der Waals surface area contributed by atoms with E-state index in [-0.39, 0.29) is 29.8 Å². The van der Waals surface area contributed by atoms with Gasteiger partial charge in [0.1, 0.15) is 17.4 Å². The van der Waals surface area contributed by atoms with Crippen LogP contribution in [0.1, 0.15) is 46.8 Å². The summed E-state index contributed by atoms with van der Waals surface area (Å²) in [6.07, 6.45) is 3.29. The van der Waals surface area contributed by atoms with Crippen LogP contribution in [0.25, 0.3) is 0 Å². The minimum absolute atomic E-state index is 0.0175. The van der Waals surface area contributed by atoms with E-state index >= 15 is 0 Å². The lowest BCUT2D eigenvalue weighted by Gasteiger charge is -2.27. The van der Waals surface area contributed by atoms with E-state index in [1.54, 1.807) is 30.3 Å². The van der Waals surface area contributed by atoms with E-state index in [0.29, 0.717) is 10.5 Å². The molecule has 1 aliphatic carbocycles. The quantitative estimate of drug-likeness (QED) is 0.210. The lowest BCUT2D eigenvalue weighted by Crippen LogP contribution is -2.50. The van der Waals surface area contributed by atoms with E-state index in [2.05, 4.69) is 42.3 Å². The van der Waals surface area contributed by atoms with E-state index in [1.807, 2.05) is 6.07 Å². The first-order valence-electron chi connectivity index (χ1n) is 13.1.